The number of carbonyl (C=O) groups excluding carboxylic acids is 2. The second kappa shape index (κ2) is 8.91. The van der Waals surface area contributed by atoms with Gasteiger partial charge in [-0.25, -0.2) is 4.39 Å². The van der Waals surface area contributed by atoms with Crippen LogP contribution in [-0.2, 0) is 9.53 Å². The molecule has 0 aliphatic carbocycles. The largest absolute Gasteiger partial charge is 0.496 e. The topological polar surface area (TPSA) is 91.1 Å². The summed E-state index contributed by atoms with van der Waals surface area (Å²) in [4.78, 5) is 26.3. The van der Waals surface area contributed by atoms with Crippen molar-refractivity contribution >= 4 is 11.8 Å². The van der Waals surface area contributed by atoms with E-state index in [1.165, 1.54) is 31.4 Å². The first kappa shape index (κ1) is 20.6. The summed E-state index contributed by atoms with van der Waals surface area (Å²) in [5.41, 5.74) is 4.75. The van der Waals surface area contributed by atoms with E-state index in [1.54, 1.807) is 29.2 Å². The van der Waals surface area contributed by atoms with Gasteiger partial charge in [-0.15, -0.1) is 0 Å². The SMILES string of the molecule is COc1ccccc1C(=O)N1CCOC(COc2ccc(F)cc2)(CC(N)=O)C1. The van der Waals surface area contributed by atoms with Gasteiger partial charge in [0, 0.05) is 6.54 Å². The van der Waals surface area contributed by atoms with E-state index in [0.29, 0.717) is 23.6 Å². The summed E-state index contributed by atoms with van der Waals surface area (Å²) in [6.07, 6.45) is -0.121. The summed E-state index contributed by atoms with van der Waals surface area (Å²) in [7, 11) is 1.50. The molecular weight excluding hydrogens is 379 g/mol. The van der Waals surface area contributed by atoms with E-state index in [4.69, 9.17) is 19.9 Å². The number of rotatable bonds is 7. The number of carbonyl (C=O) groups is 2. The molecule has 8 heteroatoms. The normalized spacial score (nSPS) is 18.9. The highest BCUT2D eigenvalue weighted by Crippen LogP contribution is 2.27. The van der Waals surface area contributed by atoms with Gasteiger partial charge in [-0.2, -0.15) is 0 Å². The fourth-order valence-electron chi connectivity index (χ4n) is 3.32. The van der Waals surface area contributed by atoms with Crippen molar-refractivity contribution in [1.82, 2.24) is 4.90 Å². The maximum Gasteiger partial charge on any atom is 0.257 e. The van der Waals surface area contributed by atoms with Crippen LogP contribution in [-0.4, -0.2) is 55.7 Å². The maximum absolute atomic E-state index is 13.1. The van der Waals surface area contributed by atoms with E-state index >= 15 is 0 Å². The molecule has 1 atom stereocenters. The van der Waals surface area contributed by atoms with Gasteiger partial charge in [0.1, 0.15) is 29.5 Å². The van der Waals surface area contributed by atoms with E-state index in [0.717, 1.165) is 0 Å². The summed E-state index contributed by atoms with van der Waals surface area (Å²) < 4.78 is 30.0. The summed E-state index contributed by atoms with van der Waals surface area (Å²) in [5, 5.41) is 0. The van der Waals surface area contributed by atoms with Gasteiger partial charge >= 0.3 is 0 Å². The molecule has 0 bridgehead atoms. The number of ether oxygens (including phenoxy) is 3. The molecule has 2 aromatic carbocycles. The lowest BCUT2D eigenvalue weighted by Gasteiger charge is -2.42. The monoisotopic (exact) mass is 402 g/mol. The number of hydrogen-bond acceptors (Lipinski definition) is 5. The molecule has 2 amide bonds. The van der Waals surface area contributed by atoms with Crippen molar-refractivity contribution in [2.75, 3.05) is 33.4 Å². The van der Waals surface area contributed by atoms with Crippen molar-refractivity contribution in [3.8, 4) is 11.5 Å². The van der Waals surface area contributed by atoms with E-state index in [2.05, 4.69) is 0 Å². The van der Waals surface area contributed by atoms with E-state index in [-0.39, 0.29) is 37.9 Å². The summed E-state index contributed by atoms with van der Waals surface area (Å²) in [6.45, 7) is 0.681. The third-order valence-corrected chi connectivity index (χ3v) is 4.68. The molecule has 1 aliphatic heterocycles. The van der Waals surface area contributed by atoms with Gasteiger partial charge < -0.3 is 24.8 Å². The predicted octanol–water partition coefficient (Wildman–Crippen LogP) is 2.00. The Bertz CT molecular complexity index is 874. The van der Waals surface area contributed by atoms with Crippen LogP contribution in [0.2, 0.25) is 0 Å². The Kier molecular flexibility index (Phi) is 6.33. The molecule has 7 nitrogen and oxygen atoms in total. The number of halogens is 1. The fraction of sp³-hybridized carbons (Fsp3) is 0.333. The molecule has 0 saturated carbocycles. The Balaban J connectivity index is 1.78. The number of amides is 2. The second-order valence-electron chi connectivity index (χ2n) is 6.84. The molecule has 3 rings (SSSR count). The zero-order chi connectivity index (χ0) is 20.9. The predicted molar refractivity (Wildman–Crippen MR) is 103 cm³/mol. The summed E-state index contributed by atoms with van der Waals surface area (Å²) in [5.74, 6) is -0.300. The molecule has 154 valence electrons. The summed E-state index contributed by atoms with van der Waals surface area (Å²) in [6, 6.07) is 12.4. The van der Waals surface area contributed by atoms with E-state index in [1.807, 2.05) is 0 Å². The van der Waals surface area contributed by atoms with Gasteiger partial charge in [-0.1, -0.05) is 12.1 Å². The first-order valence-corrected chi connectivity index (χ1v) is 9.15. The van der Waals surface area contributed by atoms with Gasteiger partial charge in [0.25, 0.3) is 5.91 Å². The Labute approximate surface area is 168 Å². The molecular formula is C21H23FN2O5. The number of nitrogens with two attached hydrogens (primary N) is 1. The highest BCUT2D eigenvalue weighted by atomic mass is 19.1. The molecule has 1 fully saturated rings. The Morgan fingerprint density at radius 1 is 1.21 bits per heavy atom. The number of methoxy groups -OCH3 is 1. The van der Waals surface area contributed by atoms with Crippen molar-refractivity contribution in [3.63, 3.8) is 0 Å². The summed E-state index contributed by atoms with van der Waals surface area (Å²) >= 11 is 0. The first-order valence-electron chi connectivity index (χ1n) is 9.15. The number of nitrogens with zero attached hydrogens (tertiary/aromatic N) is 1. The molecule has 1 saturated heterocycles. The van der Waals surface area contributed by atoms with Crippen LogP contribution in [0.5, 0.6) is 11.5 Å². The molecule has 0 aromatic heterocycles. The molecule has 1 heterocycles. The van der Waals surface area contributed by atoms with Crippen LogP contribution in [0.1, 0.15) is 16.8 Å². The number of para-hydroxylation sites is 1. The maximum atomic E-state index is 13.1. The Hall–Kier alpha value is -3.13. The minimum absolute atomic E-state index is 0.0166. The molecule has 0 spiro atoms. The van der Waals surface area contributed by atoms with Crippen molar-refractivity contribution in [1.29, 1.82) is 0 Å². The van der Waals surface area contributed by atoms with Crippen LogP contribution in [0.4, 0.5) is 4.39 Å². The van der Waals surface area contributed by atoms with Gasteiger partial charge in [0.05, 0.1) is 32.2 Å². The third-order valence-electron chi connectivity index (χ3n) is 4.68. The fourth-order valence-corrected chi connectivity index (χ4v) is 3.32. The quantitative estimate of drug-likeness (QED) is 0.765. The zero-order valence-corrected chi connectivity index (χ0v) is 16.1. The average Bonchev–Trinajstić information content (AvgIpc) is 2.72. The molecule has 2 N–H and O–H groups in total. The lowest BCUT2D eigenvalue weighted by molar-refractivity contribution is -0.142. The van der Waals surface area contributed by atoms with Crippen LogP contribution in [0.3, 0.4) is 0 Å². The zero-order valence-electron chi connectivity index (χ0n) is 16.1. The van der Waals surface area contributed by atoms with Crippen LogP contribution >= 0.6 is 0 Å². The first-order chi connectivity index (χ1) is 13.9. The van der Waals surface area contributed by atoms with Gasteiger partial charge in [-0.3, -0.25) is 9.59 Å². The molecule has 1 aliphatic rings. The van der Waals surface area contributed by atoms with Crippen LogP contribution in [0.15, 0.2) is 48.5 Å². The second-order valence-corrected chi connectivity index (χ2v) is 6.84. The van der Waals surface area contributed by atoms with E-state index in [9.17, 15) is 14.0 Å². The smallest absolute Gasteiger partial charge is 0.257 e. The standard InChI is InChI=1S/C21H23FN2O5/c1-27-18-5-3-2-4-17(18)20(26)24-10-11-29-21(13-24,12-19(23)25)14-28-16-8-6-15(22)7-9-16/h2-9H,10-14H2,1H3,(H2,23,25). The number of benzene rings is 2. The number of hydrogen-bond donors (Lipinski definition) is 1. The molecule has 2 aromatic rings. The Morgan fingerprint density at radius 3 is 2.62 bits per heavy atom. The highest BCUT2D eigenvalue weighted by molar-refractivity contribution is 5.97. The molecule has 1 unspecified atom stereocenters. The lowest BCUT2D eigenvalue weighted by Crippen LogP contribution is -2.58. The van der Waals surface area contributed by atoms with Gasteiger partial charge in [-0.05, 0) is 36.4 Å². The van der Waals surface area contributed by atoms with Gasteiger partial charge in [0.15, 0.2) is 0 Å². The lowest BCUT2D eigenvalue weighted by atomic mass is 9.97. The van der Waals surface area contributed by atoms with E-state index < -0.39 is 11.5 Å². The number of morpholine rings is 1. The van der Waals surface area contributed by atoms with Crippen LogP contribution in [0.25, 0.3) is 0 Å². The van der Waals surface area contributed by atoms with Crippen molar-refractivity contribution < 1.29 is 28.2 Å². The number of primary amides is 1. The van der Waals surface area contributed by atoms with Crippen molar-refractivity contribution in [2.45, 2.75) is 12.0 Å². The Morgan fingerprint density at radius 2 is 1.93 bits per heavy atom. The average molecular weight is 402 g/mol. The third kappa shape index (κ3) is 5.03. The van der Waals surface area contributed by atoms with Crippen LogP contribution in [0, 0.1) is 5.82 Å². The van der Waals surface area contributed by atoms with Crippen LogP contribution < -0.4 is 15.2 Å². The van der Waals surface area contributed by atoms with Gasteiger partial charge in [0.2, 0.25) is 5.91 Å². The molecule has 29 heavy (non-hydrogen) atoms. The minimum Gasteiger partial charge on any atom is -0.496 e. The van der Waals surface area contributed by atoms with Crippen molar-refractivity contribution in [3.05, 3.63) is 59.9 Å². The highest BCUT2D eigenvalue weighted by Gasteiger charge is 2.41. The van der Waals surface area contributed by atoms with Crippen molar-refractivity contribution in [2.24, 2.45) is 5.73 Å². The minimum atomic E-state index is -1.10. The molecule has 0 radical (unpaired) electrons.